The molecule has 0 aromatic heterocycles. The highest BCUT2D eigenvalue weighted by molar-refractivity contribution is 7.92. The molecule has 0 aliphatic rings. The largest absolute Gasteiger partial charge is 0.491 e. The van der Waals surface area contributed by atoms with Crippen molar-refractivity contribution in [3.05, 3.63) is 84.4 Å². The summed E-state index contributed by atoms with van der Waals surface area (Å²) in [5, 5.41) is 2.64. The molecule has 3 aromatic carbocycles. The van der Waals surface area contributed by atoms with E-state index in [9.17, 15) is 22.0 Å². The molecule has 0 saturated carbocycles. The summed E-state index contributed by atoms with van der Waals surface area (Å²) >= 11 is 0. The summed E-state index contributed by atoms with van der Waals surface area (Å²) in [7, 11) is -4.24. The number of carbonyl (C=O) groups is 1. The summed E-state index contributed by atoms with van der Waals surface area (Å²) in [5.41, 5.74) is 0.508. The fourth-order valence-corrected chi connectivity index (χ4v) is 4.33. The molecule has 0 radical (unpaired) electrons. The van der Waals surface area contributed by atoms with Crippen molar-refractivity contribution in [3.63, 3.8) is 0 Å². The smallest absolute Gasteiger partial charge is 0.264 e. The predicted octanol–water partition coefficient (Wildman–Crippen LogP) is 4.59. The lowest BCUT2D eigenvalue weighted by molar-refractivity contribution is -0.114. The van der Waals surface area contributed by atoms with Gasteiger partial charge in [0.2, 0.25) is 5.91 Å². The summed E-state index contributed by atoms with van der Waals surface area (Å²) in [6.45, 7) is 3.15. The molecule has 6 nitrogen and oxygen atoms in total. The lowest BCUT2D eigenvalue weighted by Gasteiger charge is -2.24. The number of halogens is 2. The van der Waals surface area contributed by atoms with Crippen LogP contribution in [-0.4, -0.2) is 27.0 Å². The van der Waals surface area contributed by atoms with Crippen molar-refractivity contribution in [2.45, 2.75) is 24.8 Å². The van der Waals surface area contributed by atoms with Crippen LogP contribution in [0.2, 0.25) is 0 Å². The molecule has 0 fully saturated rings. The summed E-state index contributed by atoms with van der Waals surface area (Å²) in [6.07, 6.45) is -0.0595. The van der Waals surface area contributed by atoms with Gasteiger partial charge in [0.05, 0.1) is 16.7 Å². The van der Waals surface area contributed by atoms with Gasteiger partial charge in [0, 0.05) is 11.8 Å². The molecule has 0 bridgehead atoms. The number of benzene rings is 3. The van der Waals surface area contributed by atoms with Gasteiger partial charge in [-0.15, -0.1) is 0 Å². The average Bonchev–Trinajstić information content (AvgIpc) is 2.73. The summed E-state index contributed by atoms with van der Waals surface area (Å²) in [4.78, 5) is 12.5. The van der Waals surface area contributed by atoms with Gasteiger partial charge in [-0.3, -0.25) is 9.10 Å². The minimum Gasteiger partial charge on any atom is -0.491 e. The highest BCUT2D eigenvalue weighted by Gasteiger charge is 2.27. The van der Waals surface area contributed by atoms with Crippen LogP contribution in [0, 0.1) is 11.6 Å². The van der Waals surface area contributed by atoms with E-state index in [0.717, 1.165) is 40.7 Å². The molecule has 0 unspecified atom stereocenters. The Morgan fingerprint density at radius 2 is 1.56 bits per heavy atom. The third kappa shape index (κ3) is 5.82. The van der Waals surface area contributed by atoms with E-state index in [4.69, 9.17) is 4.74 Å². The molecule has 3 rings (SSSR count). The first kappa shape index (κ1) is 23.2. The molecule has 0 aliphatic carbocycles. The molecule has 168 valence electrons. The third-order valence-electron chi connectivity index (χ3n) is 4.29. The van der Waals surface area contributed by atoms with E-state index in [0.29, 0.717) is 11.4 Å². The molecule has 0 atom stereocenters. The zero-order chi connectivity index (χ0) is 23.3. The molecule has 3 aromatic rings. The van der Waals surface area contributed by atoms with Crippen LogP contribution >= 0.6 is 0 Å². The summed E-state index contributed by atoms with van der Waals surface area (Å²) in [5.74, 6) is -1.23. The standard InChI is InChI=1S/C23H22F2N2O4S/c1-16(2)31-21-5-3-4-19(14-21)26-23(28)15-27(20-10-6-17(24)7-11-20)32(29,30)22-12-8-18(25)9-13-22/h3-14,16H,15H2,1-2H3,(H,26,28). The van der Waals surface area contributed by atoms with Crippen LogP contribution in [0.5, 0.6) is 5.75 Å². The topological polar surface area (TPSA) is 75.7 Å². The maximum atomic E-state index is 13.4. The highest BCUT2D eigenvalue weighted by atomic mass is 32.2. The van der Waals surface area contributed by atoms with E-state index < -0.39 is 34.1 Å². The fourth-order valence-electron chi connectivity index (χ4n) is 2.91. The predicted molar refractivity (Wildman–Crippen MR) is 118 cm³/mol. The van der Waals surface area contributed by atoms with Crippen LogP contribution in [0.4, 0.5) is 20.2 Å². The van der Waals surface area contributed by atoms with Crippen LogP contribution in [-0.2, 0) is 14.8 Å². The quantitative estimate of drug-likeness (QED) is 0.534. The Hall–Kier alpha value is -3.46. The third-order valence-corrected chi connectivity index (χ3v) is 6.08. The fraction of sp³-hybridized carbons (Fsp3) is 0.174. The Bertz CT molecular complexity index is 1180. The maximum absolute atomic E-state index is 13.4. The van der Waals surface area contributed by atoms with Crippen molar-refractivity contribution in [2.24, 2.45) is 0 Å². The van der Waals surface area contributed by atoms with Crippen LogP contribution in [0.3, 0.4) is 0 Å². The second kappa shape index (κ2) is 9.78. The van der Waals surface area contributed by atoms with E-state index in [1.807, 2.05) is 13.8 Å². The molecule has 32 heavy (non-hydrogen) atoms. The number of rotatable bonds is 8. The minimum absolute atomic E-state index is 0.0595. The first-order chi connectivity index (χ1) is 15.1. The molecule has 0 spiro atoms. The van der Waals surface area contributed by atoms with Gasteiger partial charge >= 0.3 is 0 Å². The first-order valence-corrected chi connectivity index (χ1v) is 11.2. The monoisotopic (exact) mass is 460 g/mol. The number of anilines is 2. The number of hydrogen-bond donors (Lipinski definition) is 1. The average molecular weight is 461 g/mol. The Kier molecular flexibility index (Phi) is 7.09. The number of sulfonamides is 1. The molecule has 1 N–H and O–H groups in total. The number of nitrogens with one attached hydrogen (secondary N) is 1. The van der Waals surface area contributed by atoms with Gasteiger partial charge in [0.15, 0.2) is 0 Å². The highest BCUT2D eigenvalue weighted by Crippen LogP contribution is 2.25. The second-order valence-electron chi connectivity index (χ2n) is 7.18. The van der Waals surface area contributed by atoms with Gasteiger partial charge in [0.1, 0.15) is 23.9 Å². The van der Waals surface area contributed by atoms with Gasteiger partial charge in [-0.25, -0.2) is 17.2 Å². The lowest BCUT2D eigenvalue weighted by Crippen LogP contribution is -2.38. The summed E-state index contributed by atoms with van der Waals surface area (Å²) < 4.78 is 59.5. The molecule has 1 amide bonds. The lowest BCUT2D eigenvalue weighted by atomic mass is 10.3. The van der Waals surface area contributed by atoms with Crippen molar-refractivity contribution in [3.8, 4) is 5.75 Å². The number of nitrogens with zero attached hydrogens (tertiary/aromatic N) is 1. The molecular weight excluding hydrogens is 438 g/mol. The van der Waals surface area contributed by atoms with Crippen molar-refractivity contribution < 1.29 is 26.7 Å². The van der Waals surface area contributed by atoms with E-state index in [-0.39, 0.29) is 16.7 Å². The van der Waals surface area contributed by atoms with E-state index in [1.165, 1.54) is 12.1 Å². The zero-order valence-corrected chi connectivity index (χ0v) is 18.3. The van der Waals surface area contributed by atoms with Gasteiger partial charge in [-0.05, 0) is 74.5 Å². The Labute approximate surface area is 185 Å². The van der Waals surface area contributed by atoms with Crippen LogP contribution in [0.1, 0.15) is 13.8 Å². The van der Waals surface area contributed by atoms with E-state index in [2.05, 4.69) is 5.32 Å². The van der Waals surface area contributed by atoms with E-state index in [1.54, 1.807) is 24.3 Å². The molecule has 0 aliphatic heterocycles. The van der Waals surface area contributed by atoms with Gasteiger partial charge in [-0.2, -0.15) is 0 Å². The molecular formula is C23H22F2N2O4S. The number of amides is 1. The van der Waals surface area contributed by atoms with Crippen LogP contribution in [0.15, 0.2) is 77.7 Å². The van der Waals surface area contributed by atoms with E-state index >= 15 is 0 Å². The number of hydrogen-bond acceptors (Lipinski definition) is 4. The zero-order valence-electron chi connectivity index (χ0n) is 17.5. The summed E-state index contributed by atoms with van der Waals surface area (Å²) in [6, 6.07) is 15.6. The van der Waals surface area contributed by atoms with Crippen LogP contribution < -0.4 is 14.4 Å². The Balaban J connectivity index is 1.88. The van der Waals surface area contributed by atoms with Gasteiger partial charge in [0.25, 0.3) is 10.0 Å². The first-order valence-electron chi connectivity index (χ1n) is 9.75. The molecule has 0 heterocycles. The molecule has 9 heteroatoms. The van der Waals surface area contributed by atoms with Crippen molar-refractivity contribution >= 4 is 27.3 Å². The minimum atomic E-state index is -4.24. The Morgan fingerprint density at radius 1 is 0.969 bits per heavy atom. The normalized spacial score (nSPS) is 11.3. The van der Waals surface area contributed by atoms with Crippen molar-refractivity contribution in [2.75, 3.05) is 16.2 Å². The number of ether oxygens (including phenoxy) is 1. The second-order valence-corrected chi connectivity index (χ2v) is 9.05. The van der Waals surface area contributed by atoms with Crippen LogP contribution in [0.25, 0.3) is 0 Å². The van der Waals surface area contributed by atoms with Crippen molar-refractivity contribution in [1.82, 2.24) is 0 Å². The van der Waals surface area contributed by atoms with Crippen molar-refractivity contribution in [1.29, 1.82) is 0 Å². The van der Waals surface area contributed by atoms with Gasteiger partial charge < -0.3 is 10.1 Å². The number of carbonyl (C=O) groups excluding carboxylic acids is 1. The van der Waals surface area contributed by atoms with Gasteiger partial charge in [-0.1, -0.05) is 6.07 Å². The SMILES string of the molecule is CC(C)Oc1cccc(NC(=O)CN(c2ccc(F)cc2)S(=O)(=O)c2ccc(F)cc2)c1. The Morgan fingerprint density at radius 3 is 2.16 bits per heavy atom. The maximum Gasteiger partial charge on any atom is 0.264 e. The molecule has 0 saturated heterocycles.